The smallest absolute Gasteiger partial charge is 0.251 e. The van der Waals surface area contributed by atoms with E-state index in [1.165, 1.54) is 0 Å². The Morgan fingerprint density at radius 2 is 1.80 bits per heavy atom. The summed E-state index contributed by atoms with van der Waals surface area (Å²) in [4.78, 5) is 12.2. The largest absolute Gasteiger partial charge is 0.365 e. The van der Waals surface area contributed by atoms with Gasteiger partial charge in [0.05, 0.1) is 0 Å². The molecule has 0 bridgehead atoms. The van der Waals surface area contributed by atoms with Crippen LogP contribution in [0, 0.1) is 0 Å². The number of benzene rings is 2. The number of nitrogens with one attached hydrogen (secondary N) is 2. The molecule has 4 rings (SSSR count). The lowest BCUT2D eigenvalue weighted by molar-refractivity contribution is 0.0954. The lowest BCUT2D eigenvalue weighted by Gasteiger charge is -2.07. The molecule has 9 heteroatoms. The molecule has 0 saturated heterocycles. The summed E-state index contributed by atoms with van der Waals surface area (Å²) in [6.45, 7) is 1.01. The zero-order valence-corrected chi connectivity index (χ0v) is 17.4. The third kappa shape index (κ3) is 4.87. The maximum Gasteiger partial charge on any atom is 0.251 e. The number of halogens is 2. The normalized spacial score (nSPS) is 10.9. The zero-order valence-electron chi connectivity index (χ0n) is 15.8. The molecule has 0 aliphatic rings. The Labute approximate surface area is 183 Å². The molecule has 7 nitrogen and oxygen atoms in total. The number of carbonyl (C=O) groups is 1. The SMILES string of the molecule is O=C(NCCc1nnc2ccc(NCc3ccc(Cl)cc3)nn12)c1cccc(Cl)c1. The van der Waals surface area contributed by atoms with Gasteiger partial charge >= 0.3 is 0 Å². The molecule has 0 spiro atoms. The van der Waals surface area contributed by atoms with Gasteiger partial charge in [0.1, 0.15) is 5.82 Å². The third-order valence-corrected chi connectivity index (χ3v) is 4.92. The van der Waals surface area contributed by atoms with Gasteiger partial charge in [0.15, 0.2) is 11.5 Å². The van der Waals surface area contributed by atoms with E-state index in [-0.39, 0.29) is 5.91 Å². The second kappa shape index (κ2) is 9.11. The topological polar surface area (TPSA) is 84.2 Å². The summed E-state index contributed by atoms with van der Waals surface area (Å²) < 4.78 is 1.68. The van der Waals surface area contributed by atoms with E-state index in [0.29, 0.717) is 52.4 Å². The quantitative estimate of drug-likeness (QED) is 0.453. The number of anilines is 1. The lowest BCUT2D eigenvalue weighted by atomic mass is 10.2. The van der Waals surface area contributed by atoms with Crippen LogP contribution in [0.15, 0.2) is 60.7 Å². The molecule has 1 amide bonds. The molecule has 2 aromatic heterocycles. The van der Waals surface area contributed by atoms with Crippen molar-refractivity contribution in [3.05, 3.63) is 87.7 Å². The highest BCUT2D eigenvalue weighted by atomic mass is 35.5. The number of rotatable bonds is 7. The molecule has 30 heavy (non-hydrogen) atoms. The van der Waals surface area contributed by atoms with Crippen LogP contribution in [-0.2, 0) is 13.0 Å². The average molecular weight is 441 g/mol. The van der Waals surface area contributed by atoms with E-state index < -0.39 is 0 Å². The van der Waals surface area contributed by atoms with E-state index in [0.717, 1.165) is 5.56 Å². The second-order valence-corrected chi connectivity index (χ2v) is 7.47. The van der Waals surface area contributed by atoms with Crippen molar-refractivity contribution in [2.75, 3.05) is 11.9 Å². The molecule has 0 aliphatic carbocycles. The fourth-order valence-corrected chi connectivity index (χ4v) is 3.21. The van der Waals surface area contributed by atoms with E-state index in [1.54, 1.807) is 28.8 Å². The average Bonchev–Trinajstić information content (AvgIpc) is 3.15. The van der Waals surface area contributed by atoms with Gasteiger partial charge in [-0.2, -0.15) is 4.52 Å². The number of hydrogen-bond donors (Lipinski definition) is 2. The molecule has 0 atom stereocenters. The number of amides is 1. The molecule has 0 fully saturated rings. The van der Waals surface area contributed by atoms with Gasteiger partial charge in [-0.3, -0.25) is 4.79 Å². The Morgan fingerprint density at radius 3 is 2.60 bits per heavy atom. The van der Waals surface area contributed by atoms with Crippen LogP contribution in [0.3, 0.4) is 0 Å². The number of fused-ring (bicyclic) bond motifs is 1. The van der Waals surface area contributed by atoms with Crippen LogP contribution in [0.25, 0.3) is 5.65 Å². The van der Waals surface area contributed by atoms with Crippen LogP contribution < -0.4 is 10.6 Å². The highest BCUT2D eigenvalue weighted by Crippen LogP contribution is 2.13. The first kappa shape index (κ1) is 20.1. The van der Waals surface area contributed by atoms with Crippen LogP contribution in [0.1, 0.15) is 21.7 Å². The Morgan fingerprint density at radius 1 is 0.967 bits per heavy atom. The molecule has 4 aromatic rings. The first-order valence-electron chi connectivity index (χ1n) is 9.32. The van der Waals surface area contributed by atoms with Crippen molar-refractivity contribution in [2.45, 2.75) is 13.0 Å². The highest BCUT2D eigenvalue weighted by Gasteiger charge is 2.10. The molecule has 2 heterocycles. The predicted octanol–water partition coefficient (Wildman–Crippen LogP) is 4.02. The van der Waals surface area contributed by atoms with Gasteiger partial charge < -0.3 is 10.6 Å². The van der Waals surface area contributed by atoms with Crippen molar-refractivity contribution in [1.29, 1.82) is 0 Å². The minimum atomic E-state index is -0.190. The Hall–Kier alpha value is -3.16. The summed E-state index contributed by atoms with van der Waals surface area (Å²) in [5, 5.41) is 20.2. The van der Waals surface area contributed by atoms with E-state index in [9.17, 15) is 4.79 Å². The number of hydrogen-bond acceptors (Lipinski definition) is 5. The Bertz CT molecular complexity index is 1180. The van der Waals surface area contributed by atoms with Gasteiger partial charge in [-0.25, -0.2) is 0 Å². The van der Waals surface area contributed by atoms with E-state index >= 15 is 0 Å². The minimum absolute atomic E-state index is 0.190. The summed E-state index contributed by atoms with van der Waals surface area (Å²) in [6, 6.07) is 18.1. The van der Waals surface area contributed by atoms with Crippen molar-refractivity contribution < 1.29 is 4.79 Å². The molecule has 0 radical (unpaired) electrons. The lowest BCUT2D eigenvalue weighted by Crippen LogP contribution is -2.26. The molecule has 0 unspecified atom stereocenters. The van der Waals surface area contributed by atoms with Gasteiger partial charge in [0.2, 0.25) is 0 Å². The predicted molar refractivity (Wildman–Crippen MR) is 117 cm³/mol. The standard InChI is InChI=1S/C21H18Cl2N6O/c22-16-6-4-14(5-7-16)13-25-18-8-9-19-26-27-20(29(19)28-18)10-11-24-21(30)15-2-1-3-17(23)12-15/h1-9,12H,10-11,13H2,(H,24,30)(H,25,28). The van der Waals surface area contributed by atoms with E-state index in [2.05, 4.69) is 25.9 Å². The van der Waals surface area contributed by atoms with Crippen LogP contribution in [-0.4, -0.2) is 32.3 Å². The minimum Gasteiger partial charge on any atom is -0.365 e. The molecular weight excluding hydrogens is 423 g/mol. The highest BCUT2D eigenvalue weighted by molar-refractivity contribution is 6.31. The van der Waals surface area contributed by atoms with Crippen LogP contribution in [0.5, 0.6) is 0 Å². The Kier molecular flexibility index (Phi) is 6.11. The molecule has 152 valence electrons. The maximum absolute atomic E-state index is 12.2. The van der Waals surface area contributed by atoms with E-state index in [1.807, 2.05) is 36.4 Å². The summed E-state index contributed by atoms with van der Waals surface area (Å²) in [6.07, 6.45) is 0.487. The number of nitrogens with zero attached hydrogens (tertiary/aromatic N) is 4. The van der Waals surface area contributed by atoms with Crippen LogP contribution in [0.4, 0.5) is 5.82 Å². The summed E-state index contributed by atoms with van der Waals surface area (Å²) in [7, 11) is 0. The van der Waals surface area contributed by atoms with Crippen LogP contribution >= 0.6 is 23.2 Å². The van der Waals surface area contributed by atoms with Crippen molar-refractivity contribution in [3.8, 4) is 0 Å². The fourth-order valence-electron chi connectivity index (χ4n) is 2.90. The first-order chi connectivity index (χ1) is 14.6. The van der Waals surface area contributed by atoms with Gasteiger partial charge in [0.25, 0.3) is 5.91 Å². The second-order valence-electron chi connectivity index (χ2n) is 6.60. The van der Waals surface area contributed by atoms with Crippen molar-refractivity contribution in [3.63, 3.8) is 0 Å². The van der Waals surface area contributed by atoms with Gasteiger partial charge in [-0.15, -0.1) is 15.3 Å². The summed E-state index contributed by atoms with van der Waals surface area (Å²) in [5.74, 6) is 1.16. The van der Waals surface area contributed by atoms with Gasteiger partial charge in [0, 0.05) is 35.1 Å². The van der Waals surface area contributed by atoms with Gasteiger partial charge in [-0.05, 0) is 48.0 Å². The maximum atomic E-state index is 12.2. The monoisotopic (exact) mass is 440 g/mol. The summed E-state index contributed by atoms with van der Waals surface area (Å²) >= 11 is 11.9. The van der Waals surface area contributed by atoms with Crippen molar-refractivity contribution >= 4 is 40.6 Å². The Balaban J connectivity index is 1.38. The molecule has 0 saturated carbocycles. The summed E-state index contributed by atoms with van der Waals surface area (Å²) in [5.41, 5.74) is 2.25. The molecule has 2 aromatic carbocycles. The molecular formula is C21H18Cl2N6O. The van der Waals surface area contributed by atoms with Gasteiger partial charge in [-0.1, -0.05) is 41.4 Å². The van der Waals surface area contributed by atoms with Crippen LogP contribution in [0.2, 0.25) is 10.0 Å². The molecule has 0 aliphatic heterocycles. The number of aromatic nitrogens is 4. The zero-order chi connectivity index (χ0) is 20.9. The first-order valence-corrected chi connectivity index (χ1v) is 10.1. The van der Waals surface area contributed by atoms with E-state index in [4.69, 9.17) is 23.2 Å². The van der Waals surface area contributed by atoms with Crippen molar-refractivity contribution in [2.24, 2.45) is 0 Å². The fraction of sp³-hybridized carbons (Fsp3) is 0.143. The third-order valence-electron chi connectivity index (χ3n) is 4.44. The number of carbonyl (C=O) groups excluding carboxylic acids is 1. The molecule has 2 N–H and O–H groups in total. The van der Waals surface area contributed by atoms with Crippen molar-refractivity contribution in [1.82, 2.24) is 25.1 Å².